The smallest absolute Gasteiger partial charge is 0.273 e. The Bertz CT molecular complexity index is 1190. The van der Waals surface area contributed by atoms with Crippen molar-refractivity contribution in [2.24, 2.45) is 0 Å². The average Bonchev–Trinajstić information content (AvgIpc) is 3.49. The minimum atomic E-state index is -0.440. The molecule has 8 nitrogen and oxygen atoms in total. The zero-order valence-corrected chi connectivity index (χ0v) is 19.7. The molecule has 1 aliphatic carbocycles. The molecule has 1 saturated heterocycles. The molecule has 0 amide bonds. The van der Waals surface area contributed by atoms with E-state index < -0.39 is 4.92 Å². The normalized spacial score (nSPS) is 20.9. The van der Waals surface area contributed by atoms with Gasteiger partial charge in [0.2, 0.25) is 0 Å². The maximum absolute atomic E-state index is 11.2. The number of pyridine rings is 1. The van der Waals surface area contributed by atoms with Crippen LogP contribution < -0.4 is 10.1 Å². The van der Waals surface area contributed by atoms with E-state index in [2.05, 4.69) is 15.2 Å². The number of hydrogen-bond donors (Lipinski definition) is 1. The standard InChI is InChI=1S/C25H26N4O4S/c1-32-22-15-17(29(30)31)10-11-18(22)20-12-13-21(33-20)24-23(19-9-5-6-14-26-19)27-25(34)28(24)16-7-3-2-4-8-16/h5-6,9-16,23-24H,2-4,7-8H2,1H3,(H,27,34)/t23-,24-/m0/s1. The Kier molecular flexibility index (Phi) is 6.19. The first-order valence-electron chi connectivity index (χ1n) is 11.5. The monoisotopic (exact) mass is 478 g/mol. The van der Waals surface area contributed by atoms with E-state index in [1.807, 2.05) is 30.3 Å². The van der Waals surface area contributed by atoms with Gasteiger partial charge in [0.15, 0.2) is 5.11 Å². The first kappa shape index (κ1) is 22.3. The predicted octanol–water partition coefficient (Wildman–Crippen LogP) is 5.56. The first-order chi connectivity index (χ1) is 16.6. The molecule has 0 radical (unpaired) electrons. The number of benzene rings is 1. The Morgan fingerprint density at radius 2 is 2.00 bits per heavy atom. The van der Waals surface area contributed by atoms with E-state index in [-0.39, 0.29) is 17.8 Å². The molecule has 2 aromatic heterocycles. The Hall–Kier alpha value is -3.46. The number of nitrogens with one attached hydrogen (secondary N) is 1. The SMILES string of the molecule is COc1cc([N+](=O)[O-])ccc1-c1ccc([C@H]2[C@H](c3ccccn3)NC(=S)N2C2CCCCC2)o1. The maximum Gasteiger partial charge on any atom is 0.273 e. The van der Waals surface area contributed by atoms with Crippen molar-refractivity contribution in [1.29, 1.82) is 0 Å². The van der Waals surface area contributed by atoms with Crippen molar-refractivity contribution in [3.05, 3.63) is 76.3 Å². The van der Waals surface area contributed by atoms with Crippen LogP contribution in [0, 0.1) is 10.1 Å². The van der Waals surface area contributed by atoms with Crippen molar-refractivity contribution in [1.82, 2.24) is 15.2 Å². The highest BCUT2D eigenvalue weighted by Gasteiger charge is 2.44. The molecular formula is C25H26N4O4S. The summed E-state index contributed by atoms with van der Waals surface area (Å²) < 4.78 is 11.8. The van der Waals surface area contributed by atoms with Gasteiger partial charge in [0.25, 0.3) is 5.69 Å². The summed E-state index contributed by atoms with van der Waals surface area (Å²) in [6, 6.07) is 14.3. The molecule has 9 heteroatoms. The topological polar surface area (TPSA) is 93.7 Å². The molecule has 0 unspecified atom stereocenters. The number of nitro benzene ring substituents is 1. The van der Waals surface area contributed by atoms with Crippen molar-refractivity contribution in [2.45, 2.75) is 50.2 Å². The molecule has 1 aliphatic heterocycles. The number of hydrogen-bond acceptors (Lipinski definition) is 6. The third-order valence-corrected chi connectivity index (χ3v) is 7.01. The summed E-state index contributed by atoms with van der Waals surface area (Å²) in [6.45, 7) is 0. The second-order valence-electron chi connectivity index (χ2n) is 8.67. The number of furan rings is 1. The summed E-state index contributed by atoms with van der Waals surface area (Å²) in [4.78, 5) is 17.6. The van der Waals surface area contributed by atoms with E-state index in [0.717, 1.165) is 29.4 Å². The lowest BCUT2D eigenvalue weighted by Crippen LogP contribution is -2.40. The van der Waals surface area contributed by atoms with Crippen LogP contribution in [-0.4, -0.2) is 33.1 Å². The lowest BCUT2D eigenvalue weighted by Gasteiger charge is -2.36. The van der Waals surface area contributed by atoms with Gasteiger partial charge in [0, 0.05) is 18.3 Å². The molecule has 2 atom stereocenters. The van der Waals surface area contributed by atoms with Gasteiger partial charge in [0.1, 0.15) is 23.3 Å². The van der Waals surface area contributed by atoms with Crippen molar-refractivity contribution >= 4 is 23.0 Å². The van der Waals surface area contributed by atoms with Gasteiger partial charge in [-0.2, -0.15) is 0 Å². The van der Waals surface area contributed by atoms with Crippen LogP contribution in [0.25, 0.3) is 11.3 Å². The molecule has 0 spiro atoms. The highest BCUT2D eigenvalue weighted by Crippen LogP contribution is 2.44. The van der Waals surface area contributed by atoms with Gasteiger partial charge in [-0.1, -0.05) is 25.3 Å². The molecule has 176 valence electrons. The fourth-order valence-electron chi connectivity index (χ4n) is 5.08. The third-order valence-electron chi connectivity index (χ3n) is 6.68. The Morgan fingerprint density at radius 1 is 1.18 bits per heavy atom. The van der Waals surface area contributed by atoms with Crippen molar-refractivity contribution in [3.8, 4) is 17.1 Å². The molecule has 5 rings (SSSR count). The number of thiocarbonyl (C=S) groups is 1. The zero-order valence-electron chi connectivity index (χ0n) is 18.8. The van der Waals surface area contributed by atoms with Crippen LogP contribution >= 0.6 is 12.2 Å². The van der Waals surface area contributed by atoms with E-state index in [1.54, 1.807) is 12.3 Å². The fraction of sp³-hybridized carbons (Fsp3) is 0.360. The summed E-state index contributed by atoms with van der Waals surface area (Å²) >= 11 is 5.82. The van der Waals surface area contributed by atoms with Crippen LogP contribution in [0.3, 0.4) is 0 Å². The Labute approximate surface area is 203 Å². The minimum Gasteiger partial charge on any atom is -0.496 e. The highest BCUT2D eigenvalue weighted by molar-refractivity contribution is 7.80. The summed E-state index contributed by atoms with van der Waals surface area (Å²) in [5.41, 5.74) is 1.53. The number of methoxy groups -OCH3 is 1. The zero-order chi connectivity index (χ0) is 23.7. The number of rotatable bonds is 6. The van der Waals surface area contributed by atoms with E-state index in [0.29, 0.717) is 23.1 Å². The van der Waals surface area contributed by atoms with Gasteiger partial charge >= 0.3 is 0 Å². The second-order valence-corrected chi connectivity index (χ2v) is 9.06. The fourth-order valence-corrected chi connectivity index (χ4v) is 5.47. The lowest BCUT2D eigenvalue weighted by molar-refractivity contribution is -0.384. The van der Waals surface area contributed by atoms with Crippen LogP contribution in [-0.2, 0) is 0 Å². The van der Waals surface area contributed by atoms with E-state index in [4.69, 9.17) is 21.4 Å². The molecule has 0 bridgehead atoms. The minimum absolute atomic E-state index is 0.0311. The number of ether oxygens (including phenoxy) is 1. The summed E-state index contributed by atoms with van der Waals surface area (Å²) in [5, 5.41) is 15.4. The van der Waals surface area contributed by atoms with Crippen LogP contribution in [0.1, 0.15) is 55.6 Å². The summed E-state index contributed by atoms with van der Waals surface area (Å²) in [5.74, 6) is 1.74. The molecule has 2 fully saturated rings. The largest absolute Gasteiger partial charge is 0.496 e. The number of nitrogens with zero attached hydrogens (tertiary/aromatic N) is 3. The van der Waals surface area contributed by atoms with Gasteiger partial charge < -0.3 is 19.4 Å². The van der Waals surface area contributed by atoms with Gasteiger partial charge in [-0.3, -0.25) is 15.1 Å². The summed E-state index contributed by atoms with van der Waals surface area (Å²) in [6.07, 6.45) is 7.61. The molecule has 3 aromatic rings. The van der Waals surface area contributed by atoms with Crippen molar-refractivity contribution < 1.29 is 14.1 Å². The molecule has 3 heterocycles. The van der Waals surface area contributed by atoms with Gasteiger partial charge in [-0.15, -0.1) is 0 Å². The summed E-state index contributed by atoms with van der Waals surface area (Å²) in [7, 11) is 1.49. The van der Waals surface area contributed by atoms with Gasteiger partial charge in [-0.25, -0.2) is 0 Å². The quantitative estimate of drug-likeness (QED) is 0.279. The van der Waals surface area contributed by atoms with Crippen molar-refractivity contribution in [3.63, 3.8) is 0 Å². The number of nitro groups is 1. The maximum atomic E-state index is 11.2. The second kappa shape index (κ2) is 9.42. The molecule has 1 N–H and O–H groups in total. The van der Waals surface area contributed by atoms with Crippen LogP contribution in [0.5, 0.6) is 5.75 Å². The first-order valence-corrected chi connectivity index (χ1v) is 11.9. The molecule has 1 saturated carbocycles. The van der Waals surface area contributed by atoms with Crippen molar-refractivity contribution in [2.75, 3.05) is 7.11 Å². The van der Waals surface area contributed by atoms with Crippen LogP contribution in [0.2, 0.25) is 0 Å². The van der Waals surface area contributed by atoms with E-state index in [9.17, 15) is 10.1 Å². The number of non-ortho nitro benzene ring substituents is 1. The molecule has 2 aliphatic rings. The molecule has 34 heavy (non-hydrogen) atoms. The predicted molar refractivity (Wildman–Crippen MR) is 132 cm³/mol. The van der Waals surface area contributed by atoms with Gasteiger partial charge in [0.05, 0.1) is 35.4 Å². The third kappa shape index (κ3) is 4.11. The van der Waals surface area contributed by atoms with E-state index in [1.165, 1.54) is 38.5 Å². The molecular weight excluding hydrogens is 452 g/mol. The number of aromatic nitrogens is 1. The Morgan fingerprint density at radius 3 is 2.71 bits per heavy atom. The van der Waals surface area contributed by atoms with E-state index >= 15 is 0 Å². The molecule has 1 aromatic carbocycles. The van der Waals surface area contributed by atoms with Crippen LogP contribution in [0.4, 0.5) is 5.69 Å². The van der Waals surface area contributed by atoms with Crippen LogP contribution in [0.15, 0.2) is 59.1 Å². The van der Waals surface area contributed by atoms with Gasteiger partial charge in [-0.05, 0) is 55.4 Å². The lowest BCUT2D eigenvalue weighted by atomic mass is 9.92. The average molecular weight is 479 g/mol. The Balaban J connectivity index is 1.54. The highest BCUT2D eigenvalue weighted by atomic mass is 32.1.